The van der Waals surface area contributed by atoms with Crippen LogP contribution in [0.25, 0.3) is 0 Å². The van der Waals surface area contributed by atoms with Crippen LogP contribution in [0.1, 0.15) is 30.1 Å². The summed E-state index contributed by atoms with van der Waals surface area (Å²) >= 11 is 4.99. The van der Waals surface area contributed by atoms with Gasteiger partial charge in [0.15, 0.2) is 5.11 Å². The van der Waals surface area contributed by atoms with Crippen LogP contribution in [0.15, 0.2) is 54.6 Å². The second kappa shape index (κ2) is 11.6. The highest BCUT2D eigenvalue weighted by Crippen LogP contribution is 2.14. The summed E-state index contributed by atoms with van der Waals surface area (Å²) in [5, 5.41) is 2.51. The number of carbonyl (C=O) groups excluding carboxylic acids is 2. The molecule has 0 aliphatic rings. The van der Waals surface area contributed by atoms with Gasteiger partial charge in [-0.1, -0.05) is 31.2 Å². The average molecular weight is 401 g/mol. The number of carbonyl (C=O) groups is 2. The van der Waals surface area contributed by atoms with Crippen molar-refractivity contribution in [2.24, 2.45) is 0 Å². The fourth-order valence-corrected chi connectivity index (χ4v) is 2.33. The summed E-state index contributed by atoms with van der Waals surface area (Å²) in [5.74, 6) is 0.700. The number of ether oxygens (including phenoxy) is 2. The van der Waals surface area contributed by atoms with E-state index >= 15 is 0 Å². The summed E-state index contributed by atoms with van der Waals surface area (Å²) in [6, 6.07) is 16.2. The van der Waals surface area contributed by atoms with Gasteiger partial charge < -0.3 is 9.47 Å². The van der Waals surface area contributed by atoms with Crippen LogP contribution in [-0.2, 0) is 4.79 Å². The second-order valence-corrected chi connectivity index (χ2v) is 6.15. The largest absolute Gasteiger partial charge is 0.490 e. The van der Waals surface area contributed by atoms with Gasteiger partial charge in [0.05, 0.1) is 0 Å². The summed E-state index contributed by atoms with van der Waals surface area (Å²) in [5.41, 5.74) is 5.29. The standard InChI is InChI=1S/C20H23N3O4S/c1-2-7-18(24)22-23-20(28)21-19(25)15-8-6-11-17(14-15)27-13-12-26-16-9-4-3-5-10-16/h3-6,8-11,14H,2,7,12-13H2,1H3,(H,22,24)(H2,21,23,25,28). The molecule has 0 atom stereocenters. The van der Waals surface area contributed by atoms with E-state index in [0.29, 0.717) is 30.9 Å². The summed E-state index contributed by atoms with van der Waals surface area (Å²) < 4.78 is 11.2. The number of hydrazine groups is 1. The molecule has 3 N–H and O–H groups in total. The average Bonchev–Trinajstić information content (AvgIpc) is 2.71. The number of hydrogen-bond acceptors (Lipinski definition) is 5. The van der Waals surface area contributed by atoms with Crippen LogP contribution in [0, 0.1) is 0 Å². The van der Waals surface area contributed by atoms with Crippen molar-refractivity contribution in [2.75, 3.05) is 13.2 Å². The number of hydrogen-bond donors (Lipinski definition) is 3. The number of thiocarbonyl (C=S) groups is 1. The van der Waals surface area contributed by atoms with Gasteiger partial charge in [-0.05, 0) is 49.0 Å². The molecule has 0 unspecified atom stereocenters. The van der Waals surface area contributed by atoms with E-state index in [0.717, 1.165) is 12.2 Å². The van der Waals surface area contributed by atoms with E-state index in [-0.39, 0.29) is 11.0 Å². The minimum atomic E-state index is -0.409. The lowest BCUT2D eigenvalue weighted by Gasteiger charge is -2.11. The highest BCUT2D eigenvalue weighted by atomic mass is 32.1. The lowest BCUT2D eigenvalue weighted by atomic mass is 10.2. The highest BCUT2D eigenvalue weighted by Gasteiger charge is 2.09. The monoisotopic (exact) mass is 401 g/mol. The van der Waals surface area contributed by atoms with E-state index in [1.807, 2.05) is 37.3 Å². The van der Waals surface area contributed by atoms with E-state index < -0.39 is 5.91 Å². The molecule has 0 aliphatic heterocycles. The van der Waals surface area contributed by atoms with Crippen molar-refractivity contribution in [2.45, 2.75) is 19.8 Å². The lowest BCUT2D eigenvalue weighted by molar-refractivity contribution is -0.121. The molecule has 0 aliphatic carbocycles. The molecule has 2 aromatic rings. The Morgan fingerprint density at radius 1 is 0.929 bits per heavy atom. The summed E-state index contributed by atoms with van der Waals surface area (Å²) in [6.07, 6.45) is 1.09. The van der Waals surface area contributed by atoms with Crippen LogP contribution in [0.5, 0.6) is 11.5 Å². The van der Waals surface area contributed by atoms with E-state index in [4.69, 9.17) is 21.7 Å². The Morgan fingerprint density at radius 3 is 2.32 bits per heavy atom. The van der Waals surface area contributed by atoms with Gasteiger partial charge in [-0.2, -0.15) is 0 Å². The Morgan fingerprint density at radius 2 is 1.61 bits per heavy atom. The Hall–Kier alpha value is -3.13. The maximum absolute atomic E-state index is 12.3. The number of para-hydroxylation sites is 1. The lowest BCUT2D eigenvalue weighted by Crippen LogP contribution is -2.48. The predicted octanol–water partition coefficient (Wildman–Crippen LogP) is 2.58. The fraction of sp³-hybridized carbons (Fsp3) is 0.250. The molecule has 0 heterocycles. The van der Waals surface area contributed by atoms with E-state index in [9.17, 15) is 9.59 Å². The van der Waals surface area contributed by atoms with Crippen molar-refractivity contribution >= 4 is 29.1 Å². The van der Waals surface area contributed by atoms with Gasteiger partial charge in [0.2, 0.25) is 5.91 Å². The fourth-order valence-electron chi connectivity index (χ4n) is 2.19. The third-order valence-corrected chi connectivity index (χ3v) is 3.68. The molecule has 2 aromatic carbocycles. The van der Waals surface area contributed by atoms with E-state index in [1.165, 1.54) is 0 Å². The zero-order valence-electron chi connectivity index (χ0n) is 15.6. The first-order chi connectivity index (χ1) is 13.6. The quantitative estimate of drug-likeness (QED) is 0.358. The number of amides is 2. The predicted molar refractivity (Wildman–Crippen MR) is 110 cm³/mol. The van der Waals surface area contributed by atoms with Crippen molar-refractivity contribution in [1.82, 2.24) is 16.2 Å². The van der Waals surface area contributed by atoms with Gasteiger partial charge in [-0.15, -0.1) is 0 Å². The highest BCUT2D eigenvalue weighted by molar-refractivity contribution is 7.80. The van der Waals surface area contributed by atoms with Crippen LogP contribution in [0.2, 0.25) is 0 Å². The third kappa shape index (κ3) is 7.63. The Balaban J connectivity index is 1.77. The molecule has 0 radical (unpaired) electrons. The van der Waals surface area contributed by atoms with Gasteiger partial charge in [0.1, 0.15) is 24.7 Å². The van der Waals surface area contributed by atoms with Crippen LogP contribution < -0.4 is 25.6 Å². The summed E-state index contributed by atoms with van der Waals surface area (Å²) in [6.45, 7) is 2.61. The minimum absolute atomic E-state index is 0.0111. The van der Waals surface area contributed by atoms with Crippen molar-refractivity contribution in [3.05, 3.63) is 60.2 Å². The molecule has 2 amide bonds. The second-order valence-electron chi connectivity index (χ2n) is 5.74. The molecule has 8 heteroatoms. The first-order valence-corrected chi connectivity index (χ1v) is 9.30. The normalized spacial score (nSPS) is 9.89. The molecule has 28 heavy (non-hydrogen) atoms. The zero-order chi connectivity index (χ0) is 20.2. The maximum Gasteiger partial charge on any atom is 0.257 e. The number of rotatable bonds is 8. The molecule has 148 valence electrons. The molecule has 0 bridgehead atoms. The van der Waals surface area contributed by atoms with Gasteiger partial charge in [-0.3, -0.25) is 25.8 Å². The van der Waals surface area contributed by atoms with Gasteiger partial charge in [-0.25, -0.2) is 0 Å². The molecular formula is C20H23N3O4S. The van der Waals surface area contributed by atoms with E-state index in [2.05, 4.69) is 16.2 Å². The van der Waals surface area contributed by atoms with Crippen molar-refractivity contribution in [1.29, 1.82) is 0 Å². The van der Waals surface area contributed by atoms with Crippen LogP contribution in [0.3, 0.4) is 0 Å². The minimum Gasteiger partial charge on any atom is -0.490 e. The maximum atomic E-state index is 12.3. The molecule has 0 spiro atoms. The van der Waals surface area contributed by atoms with Crippen LogP contribution in [0.4, 0.5) is 0 Å². The molecule has 7 nitrogen and oxygen atoms in total. The van der Waals surface area contributed by atoms with Crippen molar-refractivity contribution < 1.29 is 19.1 Å². The first-order valence-electron chi connectivity index (χ1n) is 8.89. The molecular weight excluding hydrogens is 378 g/mol. The van der Waals surface area contributed by atoms with Gasteiger partial charge in [0.25, 0.3) is 5.91 Å². The van der Waals surface area contributed by atoms with Gasteiger partial charge in [0, 0.05) is 12.0 Å². The van der Waals surface area contributed by atoms with Crippen molar-refractivity contribution in [3.8, 4) is 11.5 Å². The first kappa shape index (κ1) is 21.2. The Kier molecular flexibility index (Phi) is 8.74. The number of nitrogens with one attached hydrogen (secondary N) is 3. The van der Waals surface area contributed by atoms with Crippen LogP contribution >= 0.6 is 12.2 Å². The topological polar surface area (TPSA) is 88.7 Å². The smallest absolute Gasteiger partial charge is 0.257 e. The van der Waals surface area contributed by atoms with Crippen molar-refractivity contribution in [3.63, 3.8) is 0 Å². The number of benzene rings is 2. The zero-order valence-corrected chi connectivity index (χ0v) is 16.4. The van der Waals surface area contributed by atoms with E-state index in [1.54, 1.807) is 24.3 Å². The SMILES string of the molecule is CCCC(=O)NNC(=S)NC(=O)c1cccc(OCCOc2ccccc2)c1. The third-order valence-electron chi connectivity index (χ3n) is 3.48. The molecule has 0 saturated heterocycles. The summed E-state index contributed by atoms with van der Waals surface area (Å²) in [4.78, 5) is 23.7. The molecule has 0 fully saturated rings. The Bertz CT molecular complexity index is 799. The molecule has 0 aromatic heterocycles. The van der Waals surface area contributed by atoms with Crippen LogP contribution in [-0.4, -0.2) is 30.1 Å². The van der Waals surface area contributed by atoms with Gasteiger partial charge >= 0.3 is 0 Å². The molecule has 2 rings (SSSR count). The summed E-state index contributed by atoms with van der Waals surface area (Å²) in [7, 11) is 0. The molecule has 0 saturated carbocycles. The Labute approximate surface area is 169 Å².